The molecule has 1 aliphatic rings. The van der Waals surface area contributed by atoms with E-state index in [0.717, 1.165) is 18.1 Å². The maximum atomic E-state index is 9.30. The first-order chi connectivity index (χ1) is 7.86. The average Bonchev–Trinajstić information content (AvgIpc) is 2.38. The van der Waals surface area contributed by atoms with E-state index < -0.39 is 0 Å². The van der Waals surface area contributed by atoms with Crippen LogP contribution in [0.3, 0.4) is 0 Å². The van der Waals surface area contributed by atoms with Gasteiger partial charge in [-0.05, 0) is 12.1 Å². The Bertz CT molecular complexity index is 346. The molecule has 5 heteroatoms. The first-order valence-corrected chi connectivity index (χ1v) is 5.31. The molecule has 2 rings (SSSR count). The third-order valence-electron chi connectivity index (χ3n) is 2.68. The Hall–Kier alpha value is -1.33. The van der Waals surface area contributed by atoms with E-state index in [1.807, 2.05) is 17.0 Å². The second-order valence-corrected chi connectivity index (χ2v) is 3.63. The highest BCUT2D eigenvalue weighted by atomic mass is 16.5. The SMILES string of the molecule is COc1cccnc1N1CCOCC1CO. The van der Waals surface area contributed by atoms with Crippen LogP contribution in [0.15, 0.2) is 18.3 Å². The van der Waals surface area contributed by atoms with Gasteiger partial charge in [-0.2, -0.15) is 0 Å². The van der Waals surface area contributed by atoms with Crippen molar-refractivity contribution in [3.05, 3.63) is 18.3 Å². The molecule has 1 aromatic rings. The topological polar surface area (TPSA) is 54.8 Å². The zero-order chi connectivity index (χ0) is 11.4. The number of methoxy groups -OCH3 is 1. The van der Waals surface area contributed by atoms with Gasteiger partial charge < -0.3 is 19.5 Å². The summed E-state index contributed by atoms with van der Waals surface area (Å²) in [6.07, 6.45) is 1.72. The van der Waals surface area contributed by atoms with Crippen molar-refractivity contribution >= 4 is 5.82 Å². The van der Waals surface area contributed by atoms with Gasteiger partial charge in [0, 0.05) is 12.7 Å². The minimum atomic E-state index is -0.0439. The van der Waals surface area contributed by atoms with E-state index in [1.54, 1.807) is 13.3 Å². The third kappa shape index (κ3) is 2.10. The van der Waals surface area contributed by atoms with E-state index in [9.17, 15) is 5.11 Å². The first kappa shape index (κ1) is 11.2. The summed E-state index contributed by atoms with van der Waals surface area (Å²) in [6, 6.07) is 3.65. The van der Waals surface area contributed by atoms with Crippen molar-refractivity contribution < 1.29 is 14.6 Å². The molecule has 5 nitrogen and oxygen atoms in total. The van der Waals surface area contributed by atoms with Crippen LogP contribution in [-0.4, -0.2) is 49.6 Å². The molecule has 0 aromatic carbocycles. The van der Waals surface area contributed by atoms with Gasteiger partial charge in [-0.3, -0.25) is 0 Å². The molecule has 16 heavy (non-hydrogen) atoms. The molecule has 0 spiro atoms. The van der Waals surface area contributed by atoms with Gasteiger partial charge in [0.25, 0.3) is 0 Å². The summed E-state index contributed by atoms with van der Waals surface area (Å²) in [5, 5.41) is 9.30. The summed E-state index contributed by atoms with van der Waals surface area (Å²) in [7, 11) is 1.62. The van der Waals surface area contributed by atoms with Crippen molar-refractivity contribution in [3.63, 3.8) is 0 Å². The molecule has 1 N–H and O–H groups in total. The molecule has 0 bridgehead atoms. The predicted molar refractivity (Wildman–Crippen MR) is 59.8 cm³/mol. The van der Waals surface area contributed by atoms with Crippen molar-refractivity contribution in [1.29, 1.82) is 0 Å². The van der Waals surface area contributed by atoms with Crippen LogP contribution in [0.5, 0.6) is 5.75 Å². The van der Waals surface area contributed by atoms with Gasteiger partial charge in [-0.15, -0.1) is 0 Å². The lowest BCUT2D eigenvalue weighted by molar-refractivity contribution is 0.0720. The molecule has 1 unspecified atom stereocenters. The molecular weight excluding hydrogens is 208 g/mol. The van der Waals surface area contributed by atoms with Crippen molar-refractivity contribution in [2.45, 2.75) is 6.04 Å². The molecule has 0 radical (unpaired) electrons. The number of rotatable bonds is 3. The van der Waals surface area contributed by atoms with Crippen molar-refractivity contribution in [3.8, 4) is 5.75 Å². The Labute approximate surface area is 94.6 Å². The Morgan fingerprint density at radius 2 is 2.56 bits per heavy atom. The summed E-state index contributed by atoms with van der Waals surface area (Å²) in [4.78, 5) is 6.34. The summed E-state index contributed by atoms with van der Waals surface area (Å²) in [5.41, 5.74) is 0. The number of morpholine rings is 1. The smallest absolute Gasteiger partial charge is 0.171 e. The average molecular weight is 224 g/mol. The van der Waals surface area contributed by atoms with Gasteiger partial charge in [0.2, 0.25) is 0 Å². The van der Waals surface area contributed by atoms with Crippen molar-refractivity contribution in [2.75, 3.05) is 38.4 Å². The van der Waals surface area contributed by atoms with Gasteiger partial charge in [-0.25, -0.2) is 4.98 Å². The number of hydrogen-bond donors (Lipinski definition) is 1. The van der Waals surface area contributed by atoms with E-state index in [4.69, 9.17) is 9.47 Å². The second kappa shape index (κ2) is 5.14. The molecule has 88 valence electrons. The van der Waals surface area contributed by atoms with Crippen molar-refractivity contribution in [2.24, 2.45) is 0 Å². The molecule has 2 heterocycles. The molecule has 0 amide bonds. The fraction of sp³-hybridized carbons (Fsp3) is 0.545. The fourth-order valence-electron chi connectivity index (χ4n) is 1.84. The van der Waals surface area contributed by atoms with Crippen LogP contribution in [0.1, 0.15) is 0 Å². The fourth-order valence-corrected chi connectivity index (χ4v) is 1.84. The van der Waals surface area contributed by atoms with Crippen LogP contribution in [0, 0.1) is 0 Å². The molecule has 1 fully saturated rings. The summed E-state index contributed by atoms with van der Waals surface area (Å²) in [5.74, 6) is 1.50. The number of aromatic nitrogens is 1. The van der Waals surface area contributed by atoms with Gasteiger partial charge in [-0.1, -0.05) is 0 Å². The maximum absolute atomic E-state index is 9.30. The number of pyridine rings is 1. The molecule has 0 saturated carbocycles. The van der Waals surface area contributed by atoms with Gasteiger partial charge in [0.1, 0.15) is 0 Å². The van der Waals surface area contributed by atoms with Gasteiger partial charge >= 0.3 is 0 Å². The Kier molecular flexibility index (Phi) is 3.58. The normalized spacial score (nSPS) is 20.9. The van der Waals surface area contributed by atoms with E-state index >= 15 is 0 Å². The van der Waals surface area contributed by atoms with Crippen LogP contribution in [0.4, 0.5) is 5.82 Å². The minimum Gasteiger partial charge on any atom is -0.493 e. The van der Waals surface area contributed by atoms with Crippen LogP contribution in [0.2, 0.25) is 0 Å². The lowest BCUT2D eigenvalue weighted by Gasteiger charge is -2.35. The number of ether oxygens (including phenoxy) is 2. The number of anilines is 1. The summed E-state index contributed by atoms with van der Waals surface area (Å²) < 4.78 is 10.6. The highest BCUT2D eigenvalue weighted by Crippen LogP contribution is 2.27. The number of aliphatic hydroxyl groups is 1. The van der Waals surface area contributed by atoms with E-state index in [0.29, 0.717) is 13.2 Å². The molecular formula is C11H16N2O3. The molecule has 1 aromatic heterocycles. The molecule has 1 saturated heterocycles. The first-order valence-electron chi connectivity index (χ1n) is 5.31. The van der Waals surface area contributed by atoms with Crippen LogP contribution in [-0.2, 0) is 4.74 Å². The van der Waals surface area contributed by atoms with Crippen LogP contribution < -0.4 is 9.64 Å². The third-order valence-corrected chi connectivity index (χ3v) is 2.68. The van der Waals surface area contributed by atoms with E-state index in [-0.39, 0.29) is 12.6 Å². The van der Waals surface area contributed by atoms with Gasteiger partial charge in [0.05, 0.1) is 33.0 Å². The molecule has 1 aliphatic heterocycles. The number of nitrogens with zero attached hydrogens (tertiary/aromatic N) is 2. The van der Waals surface area contributed by atoms with E-state index in [1.165, 1.54) is 0 Å². The zero-order valence-corrected chi connectivity index (χ0v) is 9.30. The monoisotopic (exact) mass is 224 g/mol. The van der Waals surface area contributed by atoms with E-state index in [2.05, 4.69) is 4.98 Å². The van der Waals surface area contributed by atoms with Crippen LogP contribution in [0.25, 0.3) is 0 Å². The Morgan fingerprint density at radius 1 is 1.69 bits per heavy atom. The lowest BCUT2D eigenvalue weighted by atomic mass is 10.2. The van der Waals surface area contributed by atoms with Crippen molar-refractivity contribution in [1.82, 2.24) is 4.98 Å². The summed E-state index contributed by atoms with van der Waals surface area (Å²) >= 11 is 0. The molecule has 0 aliphatic carbocycles. The largest absolute Gasteiger partial charge is 0.493 e. The Balaban J connectivity index is 2.26. The van der Waals surface area contributed by atoms with Gasteiger partial charge in [0.15, 0.2) is 11.6 Å². The standard InChI is InChI=1S/C11H16N2O3/c1-15-10-3-2-4-12-11(10)13-5-6-16-8-9(13)7-14/h2-4,9,14H,5-8H2,1H3. The number of aliphatic hydroxyl groups excluding tert-OH is 1. The predicted octanol–water partition coefficient (Wildman–Crippen LogP) is 0.288. The maximum Gasteiger partial charge on any atom is 0.171 e. The second-order valence-electron chi connectivity index (χ2n) is 3.63. The zero-order valence-electron chi connectivity index (χ0n) is 9.30. The quantitative estimate of drug-likeness (QED) is 0.799. The number of hydrogen-bond acceptors (Lipinski definition) is 5. The minimum absolute atomic E-state index is 0.0439. The van der Waals surface area contributed by atoms with Crippen LogP contribution >= 0.6 is 0 Å². The highest BCUT2D eigenvalue weighted by molar-refractivity contribution is 5.53. The lowest BCUT2D eigenvalue weighted by Crippen LogP contribution is -2.48. The highest BCUT2D eigenvalue weighted by Gasteiger charge is 2.25. The molecule has 1 atom stereocenters. The summed E-state index contributed by atoms with van der Waals surface area (Å²) in [6.45, 7) is 1.95. The Morgan fingerprint density at radius 3 is 3.31 bits per heavy atom.